The molecule has 0 atom stereocenters. The zero-order chi connectivity index (χ0) is 15.8. The Morgan fingerprint density at radius 3 is 2.86 bits per heavy atom. The summed E-state index contributed by atoms with van der Waals surface area (Å²) in [5.74, 6) is 1.51. The van der Waals surface area contributed by atoms with Gasteiger partial charge in [0.2, 0.25) is 5.91 Å². The van der Waals surface area contributed by atoms with E-state index in [1.165, 1.54) is 0 Å². The molecule has 0 aromatic heterocycles. The summed E-state index contributed by atoms with van der Waals surface area (Å²) in [6.07, 6.45) is 0.883. The molecule has 1 N–H and O–H groups in total. The van der Waals surface area contributed by atoms with Gasteiger partial charge in [0.05, 0.1) is 26.4 Å². The number of benzene rings is 1. The second-order valence-corrected chi connectivity index (χ2v) is 5.34. The van der Waals surface area contributed by atoms with Gasteiger partial charge in [0, 0.05) is 26.6 Å². The zero-order valence-electron chi connectivity index (χ0n) is 13.3. The van der Waals surface area contributed by atoms with E-state index in [-0.39, 0.29) is 5.91 Å². The molecule has 0 saturated heterocycles. The maximum absolute atomic E-state index is 11.9. The molecule has 1 aromatic carbocycles. The van der Waals surface area contributed by atoms with Crippen LogP contribution in [0.1, 0.15) is 12.0 Å². The number of methoxy groups -OCH3 is 1. The van der Waals surface area contributed by atoms with Crippen molar-refractivity contribution in [2.45, 2.75) is 13.0 Å². The number of carbonyl (C=O) groups excluding carboxylic acids is 1. The molecule has 1 aromatic rings. The minimum Gasteiger partial charge on any atom is -0.490 e. The summed E-state index contributed by atoms with van der Waals surface area (Å²) in [4.78, 5) is 13.8. The Morgan fingerprint density at radius 1 is 1.32 bits per heavy atom. The van der Waals surface area contributed by atoms with Crippen molar-refractivity contribution in [3.8, 4) is 11.5 Å². The minimum atomic E-state index is -0.00860. The van der Waals surface area contributed by atoms with Gasteiger partial charge in [0.15, 0.2) is 11.5 Å². The molecule has 0 aliphatic carbocycles. The van der Waals surface area contributed by atoms with Crippen molar-refractivity contribution >= 4 is 5.91 Å². The van der Waals surface area contributed by atoms with Gasteiger partial charge < -0.3 is 19.5 Å². The first-order chi connectivity index (χ1) is 10.7. The molecular formula is C16H24N2O4. The lowest BCUT2D eigenvalue weighted by atomic mass is 10.2. The third-order valence-corrected chi connectivity index (χ3v) is 3.39. The monoisotopic (exact) mass is 308 g/mol. The first kappa shape index (κ1) is 16.6. The lowest BCUT2D eigenvalue weighted by Gasteiger charge is -2.16. The maximum atomic E-state index is 11.9. The summed E-state index contributed by atoms with van der Waals surface area (Å²) in [6.45, 7) is 3.52. The fourth-order valence-corrected chi connectivity index (χ4v) is 2.15. The number of carbonyl (C=O) groups is 1. The molecule has 0 spiro atoms. The third-order valence-electron chi connectivity index (χ3n) is 3.39. The van der Waals surface area contributed by atoms with Crippen molar-refractivity contribution in [1.29, 1.82) is 0 Å². The molecule has 22 heavy (non-hydrogen) atoms. The lowest BCUT2D eigenvalue weighted by molar-refractivity contribution is -0.122. The van der Waals surface area contributed by atoms with Crippen LogP contribution in [0, 0.1) is 0 Å². The standard InChI is InChI=1S/C16H24N2O4/c1-18(6-9-20-2)12-16(19)17-11-13-4-5-14-15(10-13)22-8-3-7-21-14/h4-5,10H,3,6-9,11-12H2,1-2H3,(H,17,19). The number of nitrogens with zero attached hydrogens (tertiary/aromatic N) is 1. The highest BCUT2D eigenvalue weighted by molar-refractivity contribution is 5.78. The molecule has 2 rings (SSSR count). The van der Waals surface area contributed by atoms with E-state index < -0.39 is 0 Å². The number of nitrogens with one attached hydrogen (secondary N) is 1. The Morgan fingerprint density at radius 2 is 2.09 bits per heavy atom. The van der Waals surface area contributed by atoms with Gasteiger partial charge in [-0.25, -0.2) is 0 Å². The second kappa shape index (κ2) is 8.60. The van der Waals surface area contributed by atoms with Crippen molar-refractivity contribution in [2.75, 3.05) is 47.1 Å². The number of fused-ring (bicyclic) bond motifs is 1. The van der Waals surface area contributed by atoms with Gasteiger partial charge in [-0.05, 0) is 24.7 Å². The molecule has 0 radical (unpaired) electrons. The van der Waals surface area contributed by atoms with E-state index >= 15 is 0 Å². The predicted molar refractivity (Wildman–Crippen MR) is 83.3 cm³/mol. The van der Waals surface area contributed by atoms with E-state index in [1.54, 1.807) is 7.11 Å². The van der Waals surface area contributed by atoms with Crippen LogP contribution in [-0.2, 0) is 16.1 Å². The molecule has 1 heterocycles. The summed E-state index contributed by atoms with van der Waals surface area (Å²) in [5.41, 5.74) is 0.997. The van der Waals surface area contributed by atoms with Crippen LogP contribution in [0.3, 0.4) is 0 Å². The number of ether oxygens (including phenoxy) is 3. The van der Waals surface area contributed by atoms with Crippen molar-refractivity contribution in [3.63, 3.8) is 0 Å². The lowest BCUT2D eigenvalue weighted by Crippen LogP contribution is -2.36. The summed E-state index contributed by atoms with van der Waals surface area (Å²) < 4.78 is 16.2. The van der Waals surface area contributed by atoms with E-state index in [1.807, 2.05) is 30.1 Å². The largest absolute Gasteiger partial charge is 0.490 e. The summed E-state index contributed by atoms with van der Waals surface area (Å²) in [7, 11) is 3.55. The van der Waals surface area contributed by atoms with Gasteiger partial charge in [-0.2, -0.15) is 0 Å². The van der Waals surface area contributed by atoms with Crippen LogP contribution in [0.2, 0.25) is 0 Å². The number of hydrogen-bond donors (Lipinski definition) is 1. The van der Waals surface area contributed by atoms with Crippen molar-refractivity contribution in [1.82, 2.24) is 10.2 Å². The van der Waals surface area contributed by atoms with Crippen molar-refractivity contribution in [3.05, 3.63) is 23.8 Å². The Hall–Kier alpha value is -1.79. The van der Waals surface area contributed by atoms with Crippen LogP contribution < -0.4 is 14.8 Å². The van der Waals surface area contributed by atoms with Crippen LogP contribution in [0.4, 0.5) is 0 Å². The van der Waals surface area contributed by atoms with E-state index in [9.17, 15) is 4.79 Å². The van der Waals surface area contributed by atoms with E-state index in [0.29, 0.717) is 32.9 Å². The van der Waals surface area contributed by atoms with Crippen molar-refractivity contribution in [2.24, 2.45) is 0 Å². The Bertz CT molecular complexity index is 493. The average molecular weight is 308 g/mol. The summed E-state index contributed by atoms with van der Waals surface area (Å²) in [5, 5.41) is 2.91. The molecular weight excluding hydrogens is 284 g/mol. The van der Waals surface area contributed by atoms with E-state index in [0.717, 1.165) is 30.0 Å². The predicted octanol–water partition coefficient (Wildman–Crippen LogP) is 1.04. The average Bonchev–Trinajstić information content (AvgIpc) is 2.75. The van der Waals surface area contributed by atoms with E-state index in [2.05, 4.69) is 5.32 Å². The third kappa shape index (κ3) is 5.20. The second-order valence-electron chi connectivity index (χ2n) is 5.34. The minimum absolute atomic E-state index is 0.00860. The highest BCUT2D eigenvalue weighted by Crippen LogP contribution is 2.30. The van der Waals surface area contributed by atoms with Crippen LogP contribution in [0.5, 0.6) is 11.5 Å². The molecule has 1 amide bonds. The number of hydrogen-bond acceptors (Lipinski definition) is 5. The zero-order valence-corrected chi connectivity index (χ0v) is 13.3. The number of likely N-dealkylation sites (N-methyl/N-ethyl adjacent to an activating group) is 1. The van der Waals surface area contributed by atoms with E-state index in [4.69, 9.17) is 14.2 Å². The molecule has 0 bridgehead atoms. The van der Waals surface area contributed by atoms with Gasteiger partial charge in [0.25, 0.3) is 0 Å². The highest BCUT2D eigenvalue weighted by Gasteiger charge is 2.11. The SMILES string of the molecule is COCCN(C)CC(=O)NCc1ccc2c(c1)OCCCO2. The Labute approximate surface area is 131 Å². The number of amides is 1. The first-order valence-corrected chi connectivity index (χ1v) is 7.52. The molecule has 0 unspecified atom stereocenters. The highest BCUT2D eigenvalue weighted by atomic mass is 16.5. The molecule has 0 saturated carbocycles. The first-order valence-electron chi connectivity index (χ1n) is 7.52. The normalized spacial score (nSPS) is 13.8. The van der Waals surface area contributed by atoms with Gasteiger partial charge in [0.1, 0.15) is 0 Å². The molecule has 1 aliphatic heterocycles. The Balaban J connectivity index is 1.81. The smallest absolute Gasteiger partial charge is 0.234 e. The van der Waals surface area contributed by atoms with Crippen LogP contribution >= 0.6 is 0 Å². The van der Waals surface area contributed by atoms with Crippen LogP contribution in [0.25, 0.3) is 0 Å². The topological polar surface area (TPSA) is 60.0 Å². The number of rotatable bonds is 7. The van der Waals surface area contributed by atoms with Gasteiger partial charge >= 0.3 is 0 Å². The maximum Gasteiger partial charge on any atom is 0.234 e. The van der Waals surface area contributed by atoms with Crippen LogP contribution in [0.15, 0.2) is 18.2 Å². The quantitative estimate of drug-likeness (QED) is 0.815. The van der Waals surface area contributed by atoms with Gasteiger partial charge in [-0.15, -0.1) is 0 Å². The molecule has 0 fully saturated rings. The Kier molecular flexibility index (Phi) is 6.48. The molecule has 6 heteroatoms. The molecule has 1 aliphatic rings. The van der Waals surface area contributed by atoms with Gasteiger partial charge in [-0.3, -0.25) is 9.69 Å². The van der Waals surface area contributed by atoms with Crippen molar-refractivity contribution < 1.29 is 19.0 Å². The van der Waals surface area contributed by atoms with Crippen LogP contribution in [-0.4, -0.2) is 57.9 Å². The summed E-state index contributed by atoms with van der Waals surface area (Å²) in [6, 6.07) is 5.77. The fraction of sp³-hybridized carbons (Fsp3) is 0.562. The van der Waals surface area contributed by atoms with Gasteiger partial charge in [-0.1, -0.05) is 6.07 Å². The molecule has 6 nitrogen and oxygen atoms in total. The molecule has 122 valence electrons. The summed E-state index contributed by atoms with van der Waals surface area (Å²) >= 11 is 0. The fourth-order valence-electron chi connectivity index (χ4n) is 2.15.